The number of nitrogens with two attached hydrogens (primary N) is 1. The first-order valence-electron chi connectivity index (χ1n) is 9.46. The molecule has 2 N–H and O–H groups in total. The topological polar surface area (TPSA) is 78.4 Å². The Kier molecular flexibility index (Phi) is 3.52. The maximum Gasteiger partial charge on any atom is 0.179 e. The molecule has 4 aromatic rings. The predicted molar refractivity (Wildman–Crippen MR) is 112 cm³/mol. The van der Waals surface area contributed by atoms with Crippen molar-refractivity contribution < 1.29 is 14.2 Å². The number of hydrogen-bond donors (Lipinski definition) is 1. The number of rotatable bonds is 2. The van der Waals surface area contributed by atoms with E-state index in [9.17, 15) is 0 Å². The number of nitrogens with zero attached hydrogens (tertiary/aromatic N) is 2. The summed E-state index contributed by atoms with van der Waals surface area (Å²) >= 11 is 0. The van der Waals surface area contributed by atoms with Gasteiger partial charge in [-0.1, -0.05) is 30.3 Å². The summed E-state index contributed by atoms with van der Waals surface area (Å²) in [5.74, 6) is 3.63. The highest BCUT2D eigenvalue weighted by Crippen LogP contribution is 2.46. The van der Waals surface area contributed by atoms with Crippen LogP contribution in [-0.2, 0) is 0 Å². The monoisotopic (exact) mass is 393 g/mol. The number of hydrogen-bond acceptors (Lipinski definition) is 6. The molecule has 0 bridgehead atoms. The van der Waals surface area contributed by atoms with Crippen LogP contribution in [0.1, 0.15) is 0 Å². The largest absolute Gasteiger partial charge is 0.453 e. The lowest BCUT2D eigenvalue weighted by atomic mass is 10.2. The van der Waals surface area contributed by atoms with E-state index in [4.69, 9.17) is 24.9 Å². The fourth-order valence-electron chi connectivity index (χ4n) is 3.47. The second kappa shape index (κ2) is 6.35. The molecule has 2 heterocycles. The second-order valence-electron chi connectivity index (χ2n) is 6.93. The summed E-state index contributed by atoms with van der Waals surface area (Å²) in [5, 5.41) is 1.32. The molecule has 30 heavy (non-hydrogen) atoms. The van der Waals surface area contributed by atoms with Gasteiger partial charge in [-0.25, -0.2) is 9.98 Å². The van der Waals surface area contributed by atoms with Crippen molar-refractivity contribution in [1.29, 1.82) is 0 Å². The van der Waals surface area contributed by atoms with Gasteiger partial charge in [-0.05, 0) is 36.4 Å². The minimum atomic E-state index is 0.457. The Bertz CT molecular complexity index is 1430. The van der Waals surface area contributed by atoms with Crippen LogP contribution in [0.4, 0.5) is 17.1 Å². The maximum absolute atomic E-state index is 6.20. The van der Waals surface area contributed by atoms with Crippen LogP contribution in [0, 0.1) is 0 Å². The van der Waals surface area contributed by atoms with E-state index in [1.54, 1.807) is 12.1 Å². The molecule has 6 rings (SSSR count). The van der Waals surface area contributed by atoms with Crippen LogP contribution in [-0.4, -0.2) is 0 Å². The van der Waals surface area contributed by atoms with Crippen LogP contribution in [0.15, 0.2) is 88.8 Å². The third-order valence-corrected chi connectivity index (χ3v) is 4.91. The van der Waals surface area contributed by atoms with E-state index >= 15 is 0 Å². The first kappa shape index (κ1) is 16.6. The lowest BCUT2D eigenvalue weighted by Crippen LogP contribution is -2.18. The summed E-state index contributed by atoms with van der Waals surface area (Å²) < 4.78 is 18.2. The van der Waals surface area contributed by atoms with Crippen molar-refractivity contribution in [3.05, 3.63) is 89.6 Å². The van der Waals surface area contributed by atoms with E-state index in [1.807, 2.05) is 66.7 Å². The molecule has 0 aromatic heterocycles. The van der Waals surface area contributed by atoms with Gasteiger partial charge in [-0.3, -0.25) is 0 Å². The van der Waals surface area contributed by atoms with Gasteiger partial charge >= 0.3 is 0 Å². The molecule has 0 amide bonds. The molecule has 6 nitrogen and oxygen atoms in total. The smallest absolute Gasteiger partial charge is 0.179 e. The van der Waals surface area contributed by atoms with Gasteiger partial charge in [-0.2, -0.15) is 0 Å². The van der Waals surface area contributed by atoms with Gasteiger partial charge in [0, 0.05) is 12.1 Å². The van der Waals surface area contributed by atoms with E-state index in [0.29, 0.717) is 56.6 Å². The Balaban J connectivity index is 1.50. The zero-order chi connectivity index (χ0) is 20.1. The number of para-hydroxylation sites is 3. The molecule has 0 unspecified atom stereocenters. The molecular formula is C24H15N3O3. The van der Waals surface area contributed by atoms with Crippen molar-refractivity contribution in [2.45, 2.75) is 0 Å². The van der Waals surface area contributed by atoms with Gasteiger partial charge in [0.05, 0.1) is 5.69 Å². The third-order valence-electron chi connectivity index (χ3n) is 4.91. The molecule has 4 aromatic carbocycles. The molecule has 0 fully saturated rings. The number of benzene rings is 4. The van der Waals surface area contributed by atoms with Crippen LogP contribution >= 0.6 is 0 Å². The lowest BCUT2D eigenvalue weighted by molar-refractivity contribution is 0.443. The molecular weight excluding hydrogens is 378 g/mol. The van der Waals surface area contributed by atoms with Crippen LogP contribution in [0.5, 0.6) is 34.5 Å². The predicted octanol–water partition coefficient (Wildman–Crippen LogP) is 5.18. The normalized spacial score (nSPS) is 12.5. The zero-order valence-electron chi connectivity index (χ0n) is 15.7. The number of ether oxygens (including phenoxy) is 3. The highest BCUT2D eigenvalue weighted by atomic mass is 16.5. The van der Waals surface area contributed by atoms with Crippen LogP contribution in [0.2, 0.25) is 0 Å². The molecule has 0 saturated carbocycles. The van der Waals surface area contributed by atoms with Crippen molar-refractivity contribution in [3.8, 4) is 34.5 Å². The minimum Gasteiger partial charge on any atom is -0.453 e. The summed E-state index contributed by atoms with van der Waals surface area (Å²) in [4.78, 5) is 9.45. The Hall–Kier alpha value is -4.32. The van der Waals surface area contributed by atoms with Gasteiger partial charge in [0.1, 0.15) is 22.2 Å². The minimum absolute atomic E-state index is 0.457. The lowest BCUT2D eigenvalue weighted by Gasteiger charge is -2.20. The van der Waals surface area contributed by atoms with E-state index in [1.165, 1.54) is 0 Å². The third kappa shape index (κ3) is 2.66. The van der Waals surface area contributed by atoms with Gasteiger partial charge < -0.3 is 19.9 Å². The van der Waals surface area contributed by atoms with Crippen molar-refractivity contribution in [3.63, 3.8) is 0 Å². The number of anilines is 1. The molecule has 0 saturated heterocycles. The summed E-state index contributed by atoms with van der Waals surface area (Å²) in [5.41, 5.74) is 8.00. The molecule has 6 heteroatoms. The standard InChI is InChI=1S/C24H15N3O3/c25-15-10-11-20-23(24(15)28-14-6-2-1-3-7-14)27-18-13-21-17(12-22(18)30-20)26-16-8-4-5-9-19(16)29-21/h1-13H,25H2. The average molecular weight is 393 g/mol. The van der Waals surface area contributed by atoms with Crippen molar-refractivity contribution >= 4 is 17.1 Å². The Morgan fingerprint density at radius 3 is 2.20 bits per heavy atom. The average Bonchev–Trinajstić information content (AvgIpc) is 2.78. The molecule has 0 atom stereocenters. The van der Waals surface area contributed by atoms with Gasteiger partial charge in [0.15, 0.2) is 34.4 Å². The second-order valence-corrected chi connectivity index (χ2v) is 6.93. The van der Waals surface area contributed by atoms with E-state index < -0.39 is 0 Å². The molecule has 2 aliphatic heterocycles. The first-order valence-corrected chi connectivity index (χ1v) is 9.46. The number of nitrogen functional groups attached to an aromatic ring is 1. The molecule has 0 aliphatic carbocycles. The molecule has 144 valence electrons. The van der Waals surface area contributed by atoms with Crippen molar-refractivity contribution in [1.82, 2.24) is 0 Å². The van der Waals surface area contributed by atoms with E-state index in [2.05, 4.69) is 4.99 Å². The fraction of sp³-hybridized carbons (Fsp3) is 0. The highest BCUT2D eigenvalue weighted by Gasteiger charge is 2.22. The Labute approximate surface area is 171 Å². The maximum atomic E-state index is 6.20. The zero-order valence-corrected chi connectivity index (χ0v) is 15.7. The van der Waals surface area contributed by atoms with Crippen molar-refractivity contribution in [2.24, 2.45) is 9.98 Å². The first-order chi connectivity index (χ1) is 14.7. The highest BCUT2D eigenvalue weighted by molar-refractivity contribution is 5.75. The summed E-state index contributed by atoms with van der Waals surface area (Å²) in [7, 11) is 0. The summed E-state index contributed by atoms with van der Waals surface area (Å²) in [6.45, 7) is 0. The Morgan fingerprint density at radius 2 is 1.37 bits per heavy atom. The molecule has 2 aliphatic rings. The van der Waals surface area contributed by atoms with Crippen molar-refractivity contribution in [2.75, 3.05) is 5.73 Å². The quantitative estimate of drug-likeness (QED) is 0.411. The van der Waals surface area contributed by atoms with Gasteiger partial charge in [-0.15, -0.1) is 0 Å². The summed E-state index contributed by atoms with van der Waals surface area (Å²) in [6.07, 6.45) is 0. The van der Waals surface area contributed by atoms with E-state index in [0.717, 1.165) is 5.69 Å². The fourth-order valence-corrected chi connectivity index (χ4v) is 3.47. The SMILES string of the molecule is Nc1ccc2c(c1Oc1ccccc1)N=c1cc3c(cc1O2)=Nc1ccccc1O3. The van der Waals surface area contributed by atoms with Crippen LogP contribution in [0.3, 0.4) is 0 Å². The Morgan fingerprint density at radius 1 is 0.667 bits per heavy atom. The van der Waals surface area contributed by atoms with Crippen LogP contribution in [0.25, 0.3) is 0 Å². The summed E-state index contributed by atoms with van der Waals surface area (Å²) in [6, 6.07) is 24.3. The molecule has 0 radical (unpaired) electrons. The van der Waals surface area contributed by atoms with Crippen LogP contribution < -0.4 is 30.7 Å². The number of fused-ring (bicyclic) bond motifs is 4. The van der Waals surface area contributed by atoms with Gasteiger partial charge in [0.2, 0.25) is 0 Å². The van der Waals surface area contributed by atoms with E-state index in [-0.39, 0.29) is 0 Å². The molecule has 0 spiro atoms. The van der Waals surface area contributed by atoms with Gasteiger partial charge in [0.25, 0.3) is 0 Å².